The van der Waals surface area contributed by atoms with Crippen molar-refractivity contribution in [3.8, 4) is 0 Å². The van der Waals surface area contributed by atoms with Crippen molar-refractivity contribution in [3.63, 3.8) is 0 Å². The highest BCUT2D eigenvalue weighted by molar-refractivity contribution is 7.09. The fourth-order valence-electron chi connectivity index (χ4n) is 2.42. The first-order valence-corrected chi connectivity index (χ1v) is 7.55. The molecule has 0 bridgehead atoms. The summed E-state index contributed by atoms with van der Waals surface area (Å²) in [5.74, 6) is -0.162. The summed E-state index contributed by atoms with van der Waals surface area (Å²) in [5, 5.41) is 2.69. The lowest BCUT2D eigenvalue weighted by molar-refractivity contribution is -0.130. The van der Waals surface area contributed by atoms with Gasteiger partial charge in [-0.15, -0.1) is 11.3 Å². The number of thiazole rings is 1. The second-order valence-corrected chi connectivity index (χ2v) is 5.95. The van der Waals surface area contributed by atoms with Crippen LogP contribution in [0.5, 0.6) is 0 Å². The molecule has 1 atom stereocenters. The molecule has 2 heterocycles. The van der Waals surface area contributed by atoms with E-state index in [-0.39, 0.29) is 17.7 Å². The number of nitrogens with zero attached hydrogens (tertiary/aromatic N) is 3. The molecular weight excluding hydrogens is 276 g/mol. The van der Waals surface area contributed by atoms with Gasteiger partial charge in [0, 0.05) is 57.8 Å². The lowest BCUT2D eigenvalue weighted by Gasteiger charge is -2.22. The molecule has 7 heteroatoms. The number of carbonyl (C=O) groups is 2. The van der Waals surface area contributed by atoms with Crippen LogP contribution in [0.4, 0.5) is 0 Å². The van der Waals surface area contributed by atoms with Gasteiger partial charge in [-0.05, 0) is 0 Å². The molecule has 20 heavy (non-hydrogen) atoms. The summed E-state index contributed by atoms with van der Waals surface area (Å²) in [6.07, 6.45) is 1.85. The molecule has 0 radical (unpaired) electrons. The van der Waals surface area contributed by atoms with Crippen LogP contribution in [0.2, 0.25) is 0 Å². The Morgan fingerprint density at radius 2 is 2.25 bits per heavy atom. The van der Waals surface area contributed by atoms with Crippen LogP contribution in [0, 0.1) is 5.92 Å². The lowest BCUT2D eigenvalue weighted by atomic mass is 10.1. The van der Waals surface area contributed by atoms with Gasteiger partial charge in [0.2, 0.25) is 11.8 Å². The lowest BCUT2D eigenvalue weighted by Crippen LogP contribution is -2.40. The maximum atomic E-state index is 12.0. The standard InChI is InChI=1S/C13H20N4O2S/c1-10(18)17-4-3-16(8-12-5-15-9-20-12)6-11(7-17)13(19)14-2/h5,9,11H,3-4,6-8H2,1-2H3,(H,14,19)/t11-/m1/s1. The van der Waals surface area contributed by atoms with Gasteiger partial charge in [-0.3, -0.25) is 19.5 Å². The van der Waals surface area contributed by atoms with Gasteiger partial charge in [-0.1, -0.05) is 0 Å². The molecule has 1 saturated heterocycles. The van der Waals surface area contributed by atoms with E-state index in [0.29, 0.717) is 19.6 Å². The zero-order valence-corrected chi connectivity index (χ0v) is 12.7. The zero-order chi connectivity index (χ0) is 14.5. The van der Waals surface area contributed by atoms with E-state index >= 15 is 0 Å². The molecule has 0 aliphatic carbocycles. The van der Waals surface area contributed by atoms with Gasteiger partial charge >= 0.3 is 0 Å². The number of amides is 2. The number of carbonyl (C=O) groups excluding carboxylic acids is 2. The summed E-state index contributed by atoms with van der Waals surface area (Å²) in [5.41, 5.74) is 1.81. The first-order valence-electron chi connectivity index (χ1n) is 6.67. The maximum absolute atomic E-state index is 12.0. The van der Waals surface area contributed by atoms with E-state index in [2.05, 4.69) is 15.2 Å². The highest BCUT2D eigenvalue weighted by Crippen LogP contribution is 2.15. The first-order chi connectivity index (χ1) is 9.60. The molecule has 1 aliphatic rings. The van der Waals surface area contributed by atoms with Crippen LogP contribution in [0.15, 0.2) is 11.7 Å². The van der Waals surface area contributed by atoms with Crippen molar-refractivity contribution in [2.45, 2.75) is 13.5 Å². The minimum atomic E-state index is -0.181. The van der Waals surface area contributed by atoms with Crippen molar-refractivity contribution >= 4 is 23.2 Å². The van der Waals surface area contributed by atoms with Crippen LogP contribution >= 0.6 is 11.3 Å². The Balaban J connectivity index is 2.07. The largest absolute Gasteiger partial charge is 0.359 e. The van der Waals surface area contributed by atoms with Crippen molar-refractivity contribution in [1.82, 2.24) is 20.1 Å². The van der Waals surface area contributed by atoms with E-state index in [0.717, 1.165) is 13.1 Å². The van der Waals surface area contributed by atoms with Gasteiger partial charge in [0.05, 0.1) is 11.4 Å². The molecule has 2 amide bonds. The molecule has 1 aliphatic heterocycles. The molecule has 0 spiro atoms. The Labute approximate surface area is 122 Å². The van der Waals surface area contributed by atoms with Crippen LogP contribution in [-0.2, 0) is 16.1 Å². The molecule has 1 aromatic rings. The SMILES string of the molecule is CNC(=O)[C@@H]1CN(Cc2cncs2)CCN(C(C)=O)C1. The maximum Gasteiger partial charge on any atom is 0.225 e. The van der Waals surface area contributed by atoms with Crippen molar-refractivity contribution in [2.75, 3.05) is 33.2 Å². The minimum absolute atomic E-state index is 0.00699. The molecule has 6 nitrogen and oxygen atoms in total. The third-order valence-corrected chi connectivity index (χ3v) is 4.30. The molecule has 1 fully saturated rings. The third kappa shape index (κ3) is 3.77. The second kappa shape index (κ2) is 6.81. The first kappa shape index (κ1) is 14.9. The van der Waals surface area contributed by atoms with Crippen molar-refractivity contribution in [3.05, 3.63) is 16.6 Å². The van der Waals surface area contributed by atoms with E-state index < -0.39 is 0 Å². The molecule has 1 N–H and O–H groups in total. The van der Waals surface area contributed by atoms with Crippen LogP contribution in [0.1, 0.15) is 11.8 Å². The van der Waals surface area contributed by atoms with Gasteiger partial charge in [-0.2, -0.15) is 0 Å². The minimum Gasteiger partial charge on any atom is -0.359 e. The van der Waals surface area contributed by atoms with Crippen LogP contribution < -0.4 is 5.32 Å². The van der Waals surface area contributed by atoms with Crippen molar-refractivity contribution in [2.24, 2.45) is 5.92 Å². The van der Waals surface area contributed by atoms with E-state index in [9.17, 15) is 9.59 Å². The molecular formula is C13H20N4O2S. The number of nitrogens with one attached hydrogen (secondary N) is 1. The Morgan fingerprint density at radius 1 is 1.45 bits per heavy atom. The predicted octanol–water partition coefficient (Wildman–Crippen LogP) is 0.169. The highest BCUT2D eigenvalue weighted by Gasteiger charge is 2.28. The van der Waals surface area contributed by atoms with Gasteiger partial charge < -0.3 is 10.2 Å². The second-order valence-electron chi connectivity index (χ2n) is 4.98. The van der Waals surface area contributed by atoms with E-state index in [1.807, 2.05) is 11.7 Å². The number of hydrogen-bond acceptors (Lipinski definition) is 5. The van der Waals surface area contributed by atoms with Crippen LogP contribution in [0.3, 0.4) is 0 Å². The molecule has 0 aromatic carbocycles. The number of aromatic nitrogens is 1. The Kier molecular flexibility index (Phi) is 5.08. The fraction of sp³-hybridized carbons (Fsp3) is 0.615. The number of hydrogen-bond donors (Lipinski definition) is 1. The summed E-state index contributed by atoms with van der Waals surface area (Å²) in [4.78, 5) is 32.8. The Bertz CT molecular complexity index is 463. The summed E-state index contributed by atoms with van der Waals surface area (Å²) in [7, 11) is 1.64. The monoisotopic (exact) mass is 296 g/mol. The summed E-state index contributed by atoms with van der Waals surface area (Å²) in [6, 6.07) is 0. The summed E-state index contributed by atoms with van der Waals surface area (Å²) < 4.78 is 0. The van der Waals surface area contributed by atoms with Crippen LogP contribution in [-0.4, -0.2) is 59.8 Å². The average Bonchev–Trinajstić information content (AvgIpc) is 2.83. The smallest absolute Gasteiger partial charge is 0.225 e. The molecule has 0 unspecified atom stereocenters. The van der Waals surface area contributed by atoms with Gasteiger partial charge in [0.15, 0.2) is 0 Å². The van der Waals surface area contributed by atoms with Crippen molar-refractivity contribution in [1.29, 1.82) is 0 Å². The highest BCUT2D eigenvalue weighted by atomic mass is 32.1. The topological polar surface area (TPSA) is 65.5 Å². The summed E-state index contributed by atoms with van der Waals surface area (Å²) in [6.45, 7) is 4.95. The quantitative estimate of drug-likeness (QED) is 0.863. The molecule has 1 aromatic heterocycles. The summed E-state index contributed by atoms with van der Waals surface area (Å²) >= 11 is 1.61. The molecule has 110 valence electrons. The molecule has 2 rings (SSSR count). The van der Waals surface area contributed by atoms with Crippen LogP contribution in [0.25, 0.3) is 0 Å². The zero-order valence-electron chi connectivity index (χ0n) is 11.8. The van der Waals surface area contributed by atoms with E-state index in [4.69, 9.17) is 0 Å². The molecule has 0 saturated carbocycles. The van der Waals surface area contributed by atoms with E-state index in [1.165, 1.54) is 4.88 Å². The van der Waals surface area contributed by atoms with Gasteiger partial charge in [0.25, 0.3) is 0 Å². The average molecular weight is 296 g/mol. The Hall–Kier alpha value is -1.47. The number of rotatable bonds is 3. The van der Waals surface area contributed by atoms with Gasteiger partial charge in [-0.25, -0.2) is 0 Å². The fourth-order valence-corrected chi connectivity index (χ4v) is 3.06. The van der Waals surface area contributed by atoms with Gasteiger partial charge in [0.1, 0.15) is 0 Å². The third-order valence-electron chi connectivity index (χ3n) is 3.53. The van der Waals surface area contributed by atoms with E-state index in [1.54, 1.807) is 30.2 Å². The van der Waals surface area contributed by atoms with Crippen molar-refractivity contribution < 1.29 is 9.59 Å². The normalized spacial score (nSPS) is 20.5. The predicted molar refractivity (Wildman–Crippen MR) is 77.2 cm³/mol. The Morgan fingerprint density at radius 3 is 2.85 bits per heavy atom.